The van der Waals surface area contributed by atoms with Gasteiger partial charge in [-0.05, 0) is 72.8 Å². The van der Waals surface area contributed by atoms with Crippen molar-refractivity contribution >= 4 is 34.8 Å². The lowest BCUT2D eigenvalue weighted by Gasteiger charge is -2.17. The highest BCUT2D eigenvalue weighted by Gasteiger charge is 2.13. The van der Waals surface area contributed by atoms with Crippen LogP contribution in [0.4, 0.5) is 17.1 Å². The molecule has 0 radical (unpaired) electrons. The molecule has 0 aliphatic rings. The summed E-state index contributed by atoms with van der Waals surface area (Å²) in [4.78, 5) is 38.9. The van der Waals surface area contributed by atoms with Gasteiger partial charge in [0.1, 0.15) is 5.76 Å². The quantitative estimate of drug-likeness (QED) is 0.325. The van der Waals surface area contributed by atoms with Crippen LogP contribution in [0, 0.1) is 0 Å². The largest absolute Gasteiger partial charge is 0.467 e. The average molecular weight is 483 g/mol. The van der Waals surface area contributed by atoms with Gasteiger partial charge in [0, 0.05) is 35.2 Å². The fourth-order valence-electron chi connectivity index (χ4n) is 3.47. The molecule has 0 saturated heterocycles. The Morgan fingerprint density at radius 1 is 0.778 bits per heavy atom. The number of rotatable bonds is 9. The van der Waals surface area contributed by atoms with Crippen molar-refractivity contribution in [3.05, 3.63) is 114 Å². The number of amides is 3. The van der Waals surface area contributed by atoms with E-state index in [9.17, 15) is 14.4 Å². The molecule has 36 heavy (non-hydrogen) atoms. The maximum Gasteiger partial charge on any atom is 0.258 e. The van der Waals surface area contributed by atoms with Crippen molar-refractivity contribution in [2.24, 2.45) is 0 Å². The molecule has 3 N–H and O–H groups in total. The fourth-order valence-corrected chi connectivity index (χ4v) is 3.47. The summed E-state index contributed by atoms with van der Waals surface area (Å²) in [5.41, 5.74) is 3.13. The Kier molecular flexibility index (Phi) is 7.77. The van der Waals surface area contributed by atoms with Crippen LogP contribution in [-0.2, 0) is 11.3 Å². The number of anilines is 3. The average Bonchev–Trinajstić information content (AvgIpc) is 3.45. The molecule has 0 saturated carbocycles. The number of para-hydroxylation sites is 1. The van der Waals surface area contributed by atoms with Gasteiger partial charge in [0.2, 0.25) is 5.91 Å². The van der Waals surface area contributed by atoms with Crippen LogP contribution in [0.1, 0.15) is 26.5 Å². The summed E-state index contributed by atoms with van der Waals surface area (Å²) in [6.07, 6.45) is 1.55. The minimum Gasteiger partial charge on any atom is -0.467 e. The minimum absolute atomic E-state index is 0.0442. The Balaban J connectivity index is 1.24. The SMILES string of the molecule is CN(C(=O)c1ccc(NCC(=O)Nc2ccc(C(=O)NCc3ccco3)cc2)cc1)c1ccccc1. The molecule has 4 rings (SSSR count). The molecule has 8 heteroatoms. The Morgan fingerprint density at radius 2 is 1.44 bits per heavy atom. The van der Waals surface area contributed by atoms with E-state index in [0.717, 1.165) is 5.69 Å². The summed E-state index contributed by atoms with van der Waals surface area (Å²) in [6.45, 7) is 0.345. The molecule has 0 aliphatic carbocycles. The van der Waals surface area contributed by atoms with E-state index >= 15 is 0 Å². The van der Waals surface area contributed by atoms with Gasteiger partial charge in [0.15, 0.2) is 0 Å². The smallest absolute Gasteiger partial charge is 0.258 e. The van der Waals surface area contributed by atoms with Crippen LogP contribution in [0.5, 0.6) is 0 Å². The minimum atomic E-state index is -0.242. The maximum absolute atomic E-state index is 12.7. The normalized spacial score (nSPS) is 10.4. The van der Waals surface area contributed by atoms with Crippen molar-refractivity contribution < 1.29 is 18.8 Å². The van der Waals surface area contributed by atoms with E-state index in [1.165, 1.54) is 0 Å². The van der Waals surface area contributed by atoms with Crippen LogP contribution in [0.25, 0.3) is 0 Å². The Labute approximate surface area is 208 Å². The number of hydrogen-bond acceptors (Lipinski definition) is 5. The lowest BCUT2D eigenvalue weighted by molar-refractivity contribution is -0.114. The van der Waals surface area contributed by atoms with Crippen molar-refractivity contribution in [2.45, 2.75) is 6.54 Å². The van der Waals surface area contributed by atoms with Gasteiger partial charge in [-0.2, -0.15) is 0 Å². The van der Waals surface area contributed by atoms with Crippen LogP contribution in [0.15, 0.2) is 102 Å². The standard InChI is InChI=1S/C28H26N4O4/c1-32(24-6-3-2-4-7-24)28(35)21-11-13-22(14-12-21)29-19-26(33)31-23-15-9-20(10-16-23)27(34)30-18-25-8-5-17-36-25/h2-17,29H,18-19H2,1H3,(H,30,34)(H,31,33). The predicted octanol–water partition coefficient (Wildman–Crippen LogP) is 4.54. The molecule has 0 fully saturated rings. The van der Waals surface area contributed by atoms with Gasteiger partial charge < -0.3 is 25.3 Å². The van der Waals surface area contributed by atoms with Gasteiger partial charge in [0.05, 0.1) is 19.4 Å². The van der Waals surface area contributed by atoms with Gasteiger partial charge in [-0.25, -0.2) is 0 Å². The van der Waals surface area contributed by atoms with Crippen molar-refractivity contribution in [3.8, 4) is 0 Å². The summed E-state index contributed by atoms with van der Waals surface area (Å²) in [5.74, 6) is 0.0703. The van der Waals surface area contributed by atoms with Crippen LogP contribution in [-0.4, -0.2) is 31.3 Å². The fraction of sp³-hybridized carbons (Fsp3) is 0.107. The zero-order valence-corrected chi connectivity index (χ0v) is 19.7. The van der Waals surface area contributed by atoms with Gasteiger partial charge >= 0.3 is 0 Å². The third-order valence-electron chi connectivity index (χ3n) is 5.47. The summed E-state index contributed by atoms with van der Waals surface area (Å²) in [7, 11) is 1.73. The molecule has 1 aromatic heterocycles. The second kappa shape index (κ2) is 11.5. The molecule has 0 spiro atoms. The number of hydrogen-bond donors (Lipinski definition) is 3. The highest BCUT2D eigenvalue weighted by atomic mass is 16.3. The van der Waals surface area contributed by atoms with E-state index in [1.807, 2.05) is 30.3 Å². The van der Waals surface area contributed by atoms with Crippen LogP contribution < -0.4 is 20.9 Å². The lowest BCUT2D eigenvalue weighted by atomic mass is 10.1. The van der Waals surface area contributed by atoms with Crippen LogP contribution in [0.3, 0.4) is 0 Å². The van der Waals surface area contributed by atoms with Crippen molar-refractivity contribution in [1.29, 1.82) is 0 Å². The van der Waals surface area contributed by atoms with Gasteiger partial charge in [-0.1, -0.05) is 18.2 Å². The summed E-state index contributed by atoms with van der Waals surface area (Å²) in [5, 5.41) is 8.60. The molecule has 182 valence electrons. The highest BCUT2D eigenvalue weighted by Crippen LogP contribution is 2.17. The van der Waals surface area contributed by atoms with Gasteiger partial charge in [-0.15, -0.1) is 0 Å². The Morgan fingerprint density at radius 3 is 2.11 bits per heavy atom. The summed E-state index contributed by atoms with van der Waals surface area (Å²) >= 11 is 0. The van der Waals surface area contributed by atoms with E-state index in [-0.39, 0.29) is 24.3 Å². The number of benzene rings is 3. The van der Waals surface area contributed by atoms with Crippen molar-refractivity contribution in [3.63, 3.8) is 0 Å². The molecule has 0 aliphatic heterocycles. The molecule has 0 bridgehead atoms. The molecular formula is C28H26N4O4. The maximum atomic E-state index is 12.7. The van der Waals surface area contributed by atoms with Crippen molar-refractivity contribution in [1.82, 2.24) is 5.32 Å². The van der Waals surface area contributed by atoms with E-state index in [0.29, 0.717) is 34.8 Å². The van der Waals surface area contributed by atoms with E-state index in [2.05, 4.69) is 16.0 Å². The lowest BCUT2D eigenvalue weighted by Crippen LogP contribution is -2.26. The third-order valence-corrected chi connectivity index (χ3v) is 5.47. The Bertz CT molecular complexity index is 1300. The predicted molar refractivity (Wildman–Crippen MR) is 139 cm³/mol. The first-order valence-corrected chi connectivity index (χ1v) is 11.4. The molecule has 1 heterocycles. The van der Waals surface area contributed by atoms with Gasteiger partial charge in [0.25, 0.3) is 11.8 Å². The van der Waals surface area contributed by atoms with Gasteiger partial charge in [-0.3, -0.25) is 14.4 Å². The summed E-state index contributed by atoms with van der Waals surface area (Å²) in [6, 6.07) is 26.5. The molecule has 3 aromatic carbocycles. The second-order valence-electron chi connectivity index (χ2n) is 8.02. The highest BCUT2D eigenvalue weighted by molar-refractivity contribution is 6.06. The topological polar surface area (TPSA) is 104 Å². The third kappa shape index (κ3) is 6.38. The monoisotopic (exact) mass is 482 g/mol. The first kappa shape index (κ1) is 24.3. The van der Waals surface area contributed by atoms with Crippen LogP contribution >= 0.6 is 0 Å². The molecule has 3 amide bonds. The molecule has 0 unspecified atom stereocenters. The number of furan rings is 1. The number of carbonyl (C=O) groups is 3. The first-order valence-electron chi connectivity index (χ1n) is 11.4. The molecule has 8 nitrogen and oxygen atoms in total. The number of nitrogens with zero attached hydrogens (tertiary/aromatic N) is 1. The Hall–Kier alpha value is -4.85. The number of carbonyl (C=O) groups excluding carboxylic acids is 3. The number of nitrogens with one attached hydrogen (secondary N) is 3. The zero-order chi connectivity index (χ0) is 25.3. The second-order valence-corrected chi connectivity index (χ2v) is 8.02. The molecular weight excluding hydrogens is 456 g/mol. The first-order chi connectivity index (χ1) is 17.5. The van der Waals surface area contributed by atoms with E-state index in [4.69, 9.17) is 4.42 Å². The molecule has 4 aromatic rings. The summed E-state index contributed by atoms with van der Waals surface area (Å²) < 4.78 is 5.19. The van der Waals surface area contributed by atoms with E-state index < -0.39 is 0 Å². The van der Waals surface area contributed by atoms with Crippen molar-refractivity contribution in [2.75, 3.05) is 29.1 Å². The molecule has 0 atom stereocenters. The van der Waals surface area contributed by atoms with Crippen LogP contribution in [0.2, 0.25) is 0 Å². The van der Waals surface area contributed by atoms with E-state index in [1.54, 1.807) is 78.9 Å². The zero-order valence-electron chi connectivity index (χ0n) is 19.7.